The van der Waals surface area contributed by atoms with Gasteiger partial charge in [0, 0.05) is 10.8 Å². The van der Waals surface area contributed by atoms with Crippen molar-refractivity contribution in [2.45, 2.75) is 11.4 Å². The topological polar surface area (TPSA) is 71.6 Å². The lowest BCUT2D eigenvalue weighted by molar-refractivity contribution is 0.641. The number of hydrogen-bond acceptors (Lipinski definition) is 4. The summed E-state index contributed by atoms with van der Waals surface area (Å²) in [5.41, 5.74) is 0. The number of nitrogens with zero attached hydrogens (tertiary/aromatic N) is 4. The van der Waals surface area contributed by atoms with Crippen molar-refractivity contribution in [2.75, 3.05) is 5.75 Å². The smallest absolute Gasteiger partial charge is 0.252 e. The van der Waals surface area contributed by atoms with Crippen LogP contribution in [0.15, 0.2) is 29.4 Å². The zero-order valence-electron chi connectivity index (χ0n) is 9.58. The Bertz CT molecular complexity index is 665. The molecule has 0 saturated carbocycles. The van der Waals surface area contributed by atoms with E-state index in [9.17, 15) is 4.21 Å². The number of halogens is 2. The molecule has 1 unspecified atom stereocenters. The van der Waals surface area contributed by atoms with Crippen LogP contribution in [-0.4, -0.2) is 24.7 Å². The molecule has 1 heterocycles. The number of rotatable bonds is 4. The van der Waals surface area contributed by atoms with E-state index in [4.69, 9.17) is 28.5 Å². The van der Waals surface area contributed by atoms with Gasteiger partial charge in [0.15, 0.2) is 0 Å². The molecule has 0 aliphatic rings. The van der Waals surface area contributed by atoms with Gasteiger partial charge in [0.1, 0.15) is 12.4 Å². The minimum atomic E-state index is -1.29. The Kier molecular flexibility index (Phi) is 4.53. The summed E-state index contributed by atoms with van der Waals surface area (Å²) >= 11 is 11.8. The Morgan fingerprint density at radius 1 is 1.42 bits per heavy atom. The van der Waals surface area contributed by atoms with Crippen LogP contribution >= 0.6 is 23.2 Å². The van der Waals surface area contributed by atoms with Crippen LogP contribution in [0, 0.1) is 11.3 Å². The largest absolute Gasteiger partial charge is 0.254 e. The molecule has 2 rings (SSSR count). The number of hydrogen-bond donors (Lipinski definition) is 0. The first-order chi connectivity index (χ1) is 9.10. The van der Waals surface area contributed by atoms with Gasteiger partial charge in [-0.3, -0.25) is 8.89 Å². The normalized spacial score (nSPS) is 12.1. The van der Waals surface area contributed by atoms with Crippen LogP contribution in [0.5, 0.6) is 0 Å². The maximum atomic E-state index is 12.1. The first kappa shape index (κ1) is 14.0. The summed E-state index contributed by atoms with van der Waals surface area (Å²) in [5, 5.41) is 13.4. The Morgan fingerprint density at radius 2 is 2.21 bits per heavy atom. The van der Waals surface area contributed by atoms with Crippen LogP contribution in [0.3, 0.4) is 0 Å². The van der Waals surface area contributed by atoms with E-state index in [0.717, 1.165) is 0 Å². The lowest BCUT2D eigenvalue weighted by atomic mass is 10.4. The van der Waals surface area contributed by atoms with Crippen LogP contribution in [0.1, 0.15) is 5.82 Å². The fraction of sp³-hybridized carbons (Fsp3) is 0.182. The second kappa shape index (κ2) is 6.15. The standard InChI is InChI=1S/C11H8Cl2N4OS/c12-8-1-2-9(13)10(5-8)19(18)4-3-17-7-15-11(6-14)16-17/h1-2,5,7H,3-4H2. The molecule has 1 aromatic heterocycles. The van der Waals surface area contributed by atoms with Gasteiger partial charge < -0.3 is 0 Å². The summed E-state index contributed by atoms with van der Waals surface area (Å²) in [6.07, 6.45) is 1.43. The molecular formula is C11H8Cl2N4OS. The zero-order valence-corrected chi connectivity index (χ0v) is 11.9. The number of aromatic nitrogens is 3. The Morgan fingerprint density at radius 3 is 2.89 bits per heavy atom. The first-order valence-electron chi connectivity index (χ1n) is 5.23. The van der Waals surface area contributed by atoms with Crippen molar-refractivity contribution in [3.63, 3.8) is 0 Å². The van der Waals surface area contributed by atoms with Crippen molar-refractivity contribution in [1.29, 1.82) is 5.26 Å². The second-order valence-corrected chi connectivity index (χ2v) is 5.95. The van der Waals surface area contributed by atoms with Crippen molar-refractivity contribution in [3.8, 4) is 6.07 Å². The molecule has 0 N–H and O–H groups in total. The van der Waals surface area contributed by atoms with E-state index in [0.29, 0.717) is 27.2 Å². The van der Waals surface area contributed by atoms with E-state index in [1.165, 1.54) is 11.0 Å². The first-order valence-corrected chi connectivity index (χ1v) is 7.30. The summed E-state index contributed by atoms with van der Waals surface area (Å²) in [6.45, 7) is 0.379. The lowest BCUT2D eigenvalue weighted by Gasteiger charge is -2.05. The van der Waals surface area contributed by atoms with Gasteiger partial charge in [-0.1, -0.05) is 23.2 Å². The molecule has 0 aliphatic heterocycles. The molecule has 2 aromatic rings. The quantitative estimate of drug-likeness (QED) is 0.867. The van der Waals surface area contributed by atoms with Gasteiger partial charge in [0.05, 0.1) is 27.3 Å². The highest BCUT2D eigenvalue weighted by atomic mass is 35.5. The summed E-state index contributed by atoms with van der Waals surface area (Å²) in [6, 6.07) is 6.66. The Hall–Kier alpha value is -1.42. The van der Waals surface area contributed by atoms with Gasteiger partial charge in [-0.25, -0.2) is 4.98 Å². The number of benzene rings is 1. The van der Waals surface area contributed by atoms with Gasteiger partial charge in [-0.15, -0.1) is 5.10 Å². The third-order valence-electron chi connectivity index (χ3n) is 2.28. The molecule has 0 radical (unpaired) electrons. The van der Waals surface area contributed by atoms with Gasteiger partial charge in [0.2, 0.25) is 0 Å². The van der Waals surface area contributed by atoms with Gasteiger partial charge in [-0.05, 0) is 18.2 Å². The predicted octanol–water partition coefficient (Wildman–Crippen LogP) is 2.26. The van der Waals surface area contributed by atoms with Crippen molar-refractivity contribution in [1.82, 2.24) is 14.8 Å². The van der Waals surface area contributed by atoms with E-state index in [-0.39, 0.29) is 5.82 Å². The van der Waals surface area contributed by atoms with Crippen molar-refractivity contribution < 1.29 is 4.21 Å². The van der Waals surface area contributed by atoms with Crippen LogP contribution in [0.4, 0.5) is 0 Å². The molecule has 0 aliphatic carbocycles. The summed E-state index contributed by atoms with van der Waals surface area (Å²) in [4.78, 5) is 4.26. The molecule has 98 valence electrons. The third kappa shape index (κ3) is 3.53. The van der Waals surface area contributed by atoms with Gasteiger partial charge in [-0.2, -0.15) is 5.26 Å². The predicted molar refractivity (Wildman–Crippen MR) is 72.5 cm³/mol. The highest BCUT2D eigenvalue weighted by Gasteiger charge is 2.10. The molecule has 0 spiro atoms. The highest BCUT2D eigenvalue weighted by molar-refractivity contribution is 7.85. The second-order valence-electron chi connectivity index (χ2n) is 3.57. The minimum Gasteiger partial charge on any atom is -0.254 e. The fourth-order valence-electron chi connectivity index (χ4n) is 1.39. The van der Waals surface area contributed by atoms with E-state index in [1.54, 1.807) is 18.2 Å². The lowest BCUT2D eigenvalue weighted by Crippen LogP contribution is -2.09. The average molecular weight is 315 g/mol. The van der Waals surface area contributed by atoms with Crippen molar-refractivity contribution in [2.24, 2.45) is 0 Å². The van der Waals surface area contributed by atoms with E-state index < -0.39 is 10.8 Å². The van der Waals surface area contributed by atoms with E-state index in [2.05, 4.69) is 10.1 Å². The number of nitriles is 1. The van der Waals surface area contributed by atoms with Crippen LogP contribution in [0.25, 0.3) is 0 Å². The number of aryl methyl sites for hydroxylation is 1. The van der Waals surface area contributed by atoms with E-state index in [1.807, 2.05) is 6.07 Å². The maximum Gasteiger partial charge on any atom is 0.252 e. The summed E-state index contributed by atoms with van der Waals surface area (Å²) in [7, 11) is -1.29. The highest BCUT2D eigenvalue weighted by Crippen LogP contribution is 2.23. The maximum absolute atomic E-state index is 12.1. The summed E-state index contributed by atoms with van der Waals surface area (Å²) < 4.78 is 13.6. The van der Waals surface area contributed by atoms with Gasteiger partial charge in [0.25, 0.3) is 5.82 Å². The minimum absolute atomic E-state index is 0.0894. The van der Waals surface area contributed by atoms with Crippen LogP contribution in [-0.2, 0) is 17.3 Å². The molecule has 0 fully saturated rings. The average Bonchev–Trinajstić information content (AvgIpc) is 2.87. The molecule has 0 amide bonds. The Labute approximate surface area is 122 Å². The molecule has 0 saturated heterocycles. The molecule has 5 nitrogen and oxygen atoms in total. The molecule has 1 atom stereocenters. The van der Waals surface area contributed by atoms with Crippen molar-refractivity contribution in [3.05, 3.63) is 40.4 Å². The third-order valence-corrected chi connectivity index (χ3v) is 4.34. The van der Waals surface area contributed by atoms with Crippen molar-refractivity contribution >= 4 is 34.0 Å². The van der Waals surface area contributed by atoms with Gasteiger partial charge >= 0.3 is 0 Å². The monoisotopic (exact) mass is 314 g/mol. The fourth-order valence-corrected chi connectivity index (χ4v) is 3.12. The SMILES string of the molecule is N#Cc1ncn(CCS(=O)c2cc(Cl)ccc2Cl)n1. The molecule has 0 bridgehead atoms. The molecular weight excluding hydrogens is 307 g/mol. The molecule has 1 aromatic carbocycles. The molecule has 19 heavy (non-hydrogen) atoms. The molecule has 8 heteroatoms. The van der Waals surface area contributed by atoms with Crippen LogP contribution in [0.2, 0.25) is 10.0 Å². The Balaban J connectivity index is 2.05. The van der Waals surface area contributed by atoms with Crippen LogP contribution < -0.4 is 0 Å². The zero-order chi connectivity index (χ0) is 13.8. The van der Waals surface area contributed by atoms with E-state index >= 15 is 0 Å². The summed E-state index contributed by atoms with van der Waals surface area (Å²) in [5.74, 6) is 0.403.